The highest BCUT2D eigenvalue weighted by atomic mass is 35.5. The van der Waals surface area contributed by atoms with Crippen LogP contribution in [0, 0.1) is 6.92 Å². The molecule has 2 heterocycles. The monoisotopic (exact) mass is 217 g/mol. The van der Waals surface area contributed by atoms with Gasteiger partial charge in [-0.1, -0.05) is 6.42 Å². The van der Waals surface area contributed by atoms with Crippen molar-refractivity contribution in [1.29, 1.82) is 0 Å². The van der Waals surface area contributed by atoms with E-state index in [1.165, 1.54) is 35.6 Å². The Balaban J connectivity index is 0.000000845. The average molecular weight is 218 g/mol. The maximum atomic E-state index is 3.56. The van der Waals surface area contributed by atoms with Gasteiger partial charge in [0.1, 0.15) is 0 Å². The number of rotatable bonds is 1. The largest absolute Gasteiger partial charge is 0.309 e. The fourth-order valence-corrected chi connectivity index (χ4v) is 2.72. The van der Waals surface area contributed by atoms with Gasteiger partial charge in [-0.2, -0.15) is 0 Å². The van der Waals surface area contributed by atoms with Crippen LogP contribution in [0.5, 0.6) is 0 Å². The third kappa shape index (κ3) is 2.70. The van der Waals surface area contributed by atoms with E-state index in [1.54, 1.807) is 0 Å². The third-order valence-electron chi connectivity index (χ3n) is 2.41. The quantitative estimate of drug-likeness (QED) is 0.761. The summed E-state index contributed by atoms with van der Waals surface area (Å²) in [5, 5.41) is 3.56. The molecule has 1 saturated heterocycles. The topological polar surface area (TPSA) is 12.0 Å². The van der Waals surface area contributed by atoms with Gasteiger partial charge in [0.2, 0.25) is 0 Å². The highest BCUT2D eigenvalue weighted by Crippen LogP contribution is 2.28. The molecule has 0 amide bonds. The fourth-order valence-electron chi connectivity index (χ4n) is 1.74. The molecule has 3 heteroatoms. The van der Waals surface area contributed by atoms with Gasteiger partial charge in [0.25, 0.3) is 0 Å². The Morgan fingerprint density at radius 1 is 1.38 bits per heavy atom. The molecule has 1 atom stereocenters. The summed E-state index contributed by atoms with van der Waals surface area (Å²) in [6.07, 6.45) is 4.05. The summed E-state index contributed by atoms with van der Waals surface area (Å²) in [6.45, 7) is 3.37. The van der Waals surface area contributed by atoms with Crippen molar-refractivity contribution in [2.45, 2.75) is 32.2 Å². The maximum Gasteiger partial charge on any atom is 0.0414 e. The molecule has 0 bridgehead atoms. The minimum Gasteiger partial charge on any atom is -0.309 e. The van der Waals surface area contributed by atoms with Gasteiger partial charge in [-0.15, -0.1) is 23.7 Å². The molecular weight excluding hydrogens is 202 g/mol. The minimum absolute atomic E-state index is 0. The standard InChI is InChI=1S/C10H15NS.ClH/c1-8-5-6-10(12-8)9-4-2-3-7-11-9;/h5-6,9,11H,2-4,7H2,1H3;1H/t9-;/m1./s1. The Hall–Kier alpha value is -0.0500. The van der Waals surface area contributed by atoms with Crippen molar-refractivity contribution in [2.75, 3.05) is 6.54 Å². The zero-order chi connectivity index (χ0) is 8.39. The van der Waals surface area contributed by atoms with Crippen LogP contribution in [0.3, 0.4) is 0 Å². The lowest BCUT2D eigenvalue weighted by atomic mass is 10.0. The number of piperidine rings is 1. The third-order valence-corrected chi connectivity index (χ3v) is 3.53. The summed E-state index contributed by atoms with van der Waals surface area (Å²) in [5.41, 5.74) is 0. The zero-order valence-electron chi connectivity index (χ0n) is 7.88. The summed E-state index contributed by atoms with van der Waals surface area (Å²) >= 11 is 1.93. The summed E-state index contributed by atoms with van der Waals surface area (Å²) in [5.74, 6) is 0. The summed E-state index contributed by atoms with van der Waals surface area (Å²) < 4.78 is 0. The minimum atomic E-state index is 0. The van der Waals surface area contributed by atoms with Gasteiger partial charge < -0.3 is 5.32 Å². The first-order valence-corrected chi connectivity index (χ1v) is 5.47. The predicted molar refractivity (Wildman–Crippen MR) is 60.9 cm³/mol. The van der Waals surface area contributed by atoms with Gasteiger partial charge in [0.05, 0.1) is 0 Å². The van der Waals surface area contributed by atoms with Gasteiger partial charge in [-0.05, 0) is 38.4 Å². The predicted octanol–water partition coefficient (Wildman–Crippen LogP) is 3.29. The molecule has 0 radical (unpaired) electrons. The highest BCUT2D eigenvalue weighted by Gasteiger charge is 2.15. The molecule has 1 aliphatic heterocycles. The molecule has 1 nitrogen and oxygen atoms in total. The smallest absolute Gasteiger partial charge is 0.0414 e. The number of hydrogen-bond donors (Lipinski definition) is 1. The fraction of sp³-hybridized carbons (Fsp3) is 0.600. The van der Waals surface area contributed by atoms with E-state index in [0.717, 1.165) is 0 Å². The van der Waals surface area contributed by atoms with Crippen molar-refractivity contribution in [2.24, 2.45) is 0 Å². The second-order valence-electron chi connectivity index (χ2n) is 3.45. The number of thiophene rings is 1. The maximum absolute atomic E-state index is 3.56. The number of nitrogens with one attached hydrogen (secondary N) is 1. The number of aryl methyl sites for hydroxylation is 1. The van der Waals surface area contributed by atoms with Gasteiger partial charge in [0, 0.05) is 15.8 Å². The molecule has 0 aliphatic carbocycles. The molecule has 74 valence electrons. The second-order valence-corrected chi connectivity index (χ2v) is 4.77. The van der Waals surface area contributed by atoms with Crippen molar-refractivity contribution in [3.05, 3.63) is 21.9 Å². The van der Waals surface area contributed by atoms with E-state index in [2.05, 4.69) is 24.4 Å². The second kappa shape index (κ2) is 4.99. The molecule has 1 aromatic heterocycles. The number of halogens is 1. The molecule has 1 aliphatic rings. The Bertz CT molecular complexity index is 253. The molecule has 0 unspecified atom stereocenters. The van der Waals surface area contributed by atoms with Crippen LogP contribution in [0.1, 0.15) is 35.1 Å². The van der Waals surface area contributed by atoms with Crippen LogP contribution in [0.25, 0.3) is 0 Å². The van der Waals surface area contributed by atoms with Crippen molar-refractivity contribution in [1.82, 2.24) is 5.32 Å². The molecule has 0 spiro atoms. The van der Waals surface area contributed by atoms with Crippen LogP contribution in [0.4, 0.5) is 0 Å². The van der Waals surface area contributed by atoms with E-state index in [4.69, 9.17) is 0 Å². The summed E-state index contributed by atoms with van der Waals surface area (Å²) in [4.78, 5) is 2.95. The van der Waals surface area contributed by atoms with E-state index in [9.17, 15) is 0 Å². The highest BCUT2D eigenvalue weighted by molar-refractivity contribution is 7.12. The Morgan fingerprint density at radius 2 is 2.23 bits per heavy atom. The number of hydrogen-bond acceptors (Lipinski definition) is 2. The van der Waals surface area contributed by atoms with Crippen molar-refractivity contribution >= 4 is 23.7 Å². The van der Waals surface area contributed by atoms with E-state index in [0.29, 0.717) is 6.04 Å². The molecule has 0 aromatic carbocycles. The molecular formula is C10H16ClNS. The average Bonchev–Trinajstić information content (AvgIpc) is 2.54. The lowest BCUT2D eigenvalue weighted by Crippen LogP contribution is -2.25. The van der Waals surface area contributed by atoms with Gasteiger partial charge in [-0.25, -0.2) is 0 Å². The molecule has 1 N–H and O–H groups in total. The Morgan fingerprint density at radius 3 is 2.77 bits per heavy atom. The van der Waals surface area contributed by atoms with E-state index in [-0.39, 0.29) is 12.4 Å². The van der Waals surface area contributed by atoms with Gasteiger partial charge in [0.15, 0.2) is 0 Å². The van der Waals surface area contributed by atoms with Gasteiger partial charge >= 0.3 is 0 Å². The molecule has 1 aromatic rings. The first kappa shape index (κ1) is 11.0. The SMILES string of the molecule is Cc1ccc([C@H]2CCCCN2)s1.Cl. The van der Waals surface area contributed by atoms with E-state index in [1.807, 2.05) is 11.3 Å². The van der Waals surface area contributed by atoms with Crippen LogP contribution in [0.15, 0.2) is 12.1 Å². The molecule has 2 rings (SSSR count). The van der Waals surface area contributed by atoms with Crippen LogP contribution in [0.2, 0.25) is 0 Å². The van der Waals surface area contributed by atoms with E-state index >= 15 is 0 Å². The normalized spacial score (nSPS) is 22.4. The van der Waals surface area contributed by atoms with Crippen molar-refractivity contribution in [3.8, 4) is 0 Å². The van der Waals surface area contributed by atoms with Crippen LogP contribution in [-0.4, -0.2) is 6.54 Å². The Kier molecular flexibility index (Phi) is 4.23. The van der Waals surface area contributed by atoms with Gasteiger partial charge in [-0.3, -0.25) is 0 Å². The zero-order valence-corrected chi connectivity index (χ0v) is 9.51. The van der Waals surface area contributed by atoms with Crippen LogP contribution >= 0.6 is 23.7 Å². The van der Waals surface area contributed by atoms with Crippen LogP contribution < -0.4 is 5.32 Å². The first-order valence-electron chi connectivity index (χ1n) is 4.66. The van der Waals surface area contributed by atoms with Crippen molar-refractivity contribution < 1.29 is 0 Å². The van der Waals surface area contributed by atoms with E-state index < -0.39 is 0 Å². The molecule has 0 saturated carbocycles. The molecule has 13 heavy (non-hydrogen) atoms. The first-order chi connectivity index (χ1) is 5.86. The molecule has 1 fully saturated rings. The Labute approximate surface area is 90.0 Å². The van der Waals surface area contributed by atoms with Crippen molar-refractivity contribution in [3.63, 3.8) is 0 Å². The summed E-state index contributed by atoms with van der Waals surface area (Å²) in [7, 11) is 0. The van der Waals surface area contributed by atoms with Crippen LogP contribution in [-0.2, 0) is 0 Å². The lowest BCUT2D eigenvalue weighted by molar-refractivity contribution is 0.417. The lowest BCUT2D eigenvalue weighted by Gasteiger charge is -2.22. The summed E-state index contributed by atoms with van der Waals surface area (Å²) in [6, 6.07) is 5.14.